The molecule has 2 rings (SSSR count). The monoisotopic (exact) mass is 244 g/mol. The fraction of sp³-hybridized carbons (Fsp3) is 0.400. The molecule has 0 aliphatic heterocycles. The van der Waals surface area contributed by atoms with Crippen LogP contribution in [0.1, 0.15) is 35.1 Å². The molecule has 0 atom stereocenters. The number of hydrogen-bond acceptors (Lipinski definition) is 3. The van der Waals surface area contributed by atoms with Crippen LogP contribution in [0.3, 0.4) is 0 Å². The van der Waals surface area contributed by atoms with Crippen molar-refractivity contribution >= 4 is 0 Å². The largest absolute Gasteiger partial charge is 0.361 e. The normalized spacial score (nSPS) is 10.8. The van der Waals surface area contributed by atoms with Gasteiger partial charge in [-0.25, -0.2) is 0 Å². The maximum atomic E-state index is 5.15. The minimum Gasteiger partial charge on any atom is -0.361 e. The van der Waals surface area contributed by atoms with E-state index in [1.165, 1.54) is 16.7 Å². The van der Waals surface area contributed by atoms with Crippen LogP contribution in [-0.2, 0) is 19.5 Å². The van der Waals surface area contributed by atoms with Crippen LogP contribution in [0.4, 0.5) is 0 Å². The molecule has 0 saturated carbocycles. The van der Waals surface area contributed by atoms with Crippen LogP contribution in [0.2, 0.25) is 0 Å². The van der Waals surface area contributed by atoms with E-state index in [2.05, 4.69) is 41.7 Å². The Kier molecular flexibility index (Phi) is 4.15. The van der Waals surface area contributed by atoms with E-state index in [1.807, 2.05) is 13.8 Å². The Balaban J connectivity index is 1.96. The molecule has 3 nitrogen and oxygen atoms in total. The molecule has 0 aliphatic carbocycles. The standard InChI is InChI=1S/C15H20N2O/c1-4-13-7-5-6-8-14(13)9-16-10-15-11(2)17-18-12(15)3/h5-8,16H,4,9-10H2,1-3H3. The van der Waals surface area contributed by atoms with Crippen molar-refractivity contribution in [2.24, 2.45) is 0 Å². The van der Waals surface area contributed by atoms with Gasteiger partial charge in [0, 0.05) is 18.7 Å². The fourth-order valence-electron chi connectivity index (χ4n) is 2.15. The zero-order valence-electron chi connectivity index (χ0n) is 11.3. The lowest BCUT2D eigenvalue weighted by atomic mass is 10.1. The van der Waals surface area contributed by atoms with Gasteiger partial charge in [-0.2, -0.15) is 0 Å². The molecule has 1 heterocycles. The van der Waals surface area contributed by atoms with E-state index in [9.17, 15) is 0 Å². The second-order valence-corrected chi connectivity index (χ2v) is 4.53. The first-order valence-electron chi connectivity index (χ1n) is 6.41. The Morgan fingerprint density at radius 3 is 2.44 bits per heavy atom. The lowest BCUT2D eigenvalue weighted by molar-refractivity contribution is 0.392. The molecule has 0 unspecified atom stereocenters. The van der Waals surface area contributed by atoms with Gasteiger partial charge in [-0.3, -0.25) is 0 Å². The number of nitrogens with one attached hydrogen (secondary N) is 1. The van der Waals surface area contributed by atoms with Gasteiger partial charge < -0.3 is 9.84 Å². The molecule has 0 radical (unpaired) electrons. The summed E-state index contributed by atoms with van der Waals surface area (Å²) in [6.07, 6.45) is 1.07. The molecular formula is C15H20N2O. The van der Waals surface area contributed by atoms with Gasteiger partial charge in [0.2, 0.25) is 0 Å². The van der Waals surface area contributed by atoms with Crippen molar-refractivity contribution < 1.29 is 4.52 Å². The third-order valence-corrected chi connectivity index (χ3v) is 3.30. The van der Waals surface area contributed by atoms with Crippen LogP contribution in [0, 0.1) is 13.8 Å². The van der Waals surface area contributed by atoms with Gasteiger partial charge in [-0.1, -0.05) is 36.3 Å². The van der Waals surface area contributed by atoms with Gasteiger partial charge in [0.15, 0.2) is 0 Å². The molecule has 0 bridgehead atoms. The average Bonchev–Trinajstić information content (AvgIpc) is 2.71. The molecule has 3 heteroatoms. The first kappa shape index (κ1) is 12.8. The third-order valence-electron chi connectivity index (χ3n) is 3.30. The van der Waals surface area contributed by atoms with E-state index in [0.29, 0.717) is 0 Å². The van der Waals surface area contributed by atoms with Crippen LogP contribution in [0.25, 0.3) is 0 Å². The number of rotatable bonds is 5. The minimum absolute atomic E-state index is 0.805. The molecular weight excluding hydrogens is 224 g/mol. The molecule has 0 fully saturated rings. The highest BCUT2D eigenvalue weighted by Crippen LogP contribution is 2.13. The molecule has 2 aromatic rings. The number of hydrogen-bond donors (Lipinski definition) is 1. The van der Waals surface area contributed by atoms with Crippen LogP contribution in [0.5, 0.6) is 0 Å². The minimum atomic E-state index is 0.805. The third kappa shape index (κ3) is 2.79. The average molecular weight is 244 g/mol. The lowest BCUT2D eigenvalue weighted by Crippen LogP contribution is -2.14. The Labute approximate surface area is 108 Å². The first-order valence-corrected chi connectivity index (χ1v) is 6.41. The fourth-order valence-corrected chi connectivity index (χ4v) is 2.15. The van der Waals surface area contributed by atoms with Gasteiger partial charge in [0.1, 0.15) is 5.76 Å². The quantitative estimate of drug-likeness (QED) is 0.878. The van der Waals surface area contributed by atoms with Crippen molar-refractivity contribution in [1.29, 1.82) is 0 Å². The number of aromatic nitrogens is 1. The summed E-state index contributed by atoms with van der Waals surface area (Å²) in [7, 11) is 0. The Hall–Kier alpha value is -1.61. The highest BCUT2D eigenvalue weighted by atomic mass is 16.5. The van der Waals surface area contributed by atoms with Crippen molar-refractivity contribution in [1.82, 2.24) is 10.5 Å². The first-order chi connectivity index (χ1) is 8.72. The molecule has 0 saturated heterocycles. The Morgan fingerprint density at radius 1 is 1.11 bits per heavy atom. The second-order valence-electron chi connectivity index (χ2n) is 4.53. The van der Waals surface area contributed by atoms with Crippen molar-refractivity contribution in [3.05, 3.63) is 52.4 Å². The molecule has 0 amide bonds. The van der Waals surface area contributed by atoms with Crippen LogP contribution in [0.15, 0.2) is 28.8 Å². The SMILES string of the molecule is CCc1ccccc1CNCc1c(C)noc1C. The molecule has 1 aromatic heterocycles. The van der Waals surface area contributed by atoms with Gasteiger partial charge in [0.05, 0.1) is 5.69 Å². The smallest absolute Gasteiger partial charge is 0.138 e. The van der Waals surface area contributed by atoms with E-state index >= 15 is 0 Å². The van der Waals surface area contributed by atoms with Crippen molar-refractivity contribution in [3.8, 4) is 0 Å². The molecule has 96 valence electrons. The summed E-state index contributed by atoms with van der Waals surface area (Å²) >= 11 is 0. The number of benzene rings is 1. The van der Waals surface area contributed by atoms with Crippen molar-refractivity contribution in [3.63, 3.8) is 0 Å². The van der Waals surface area contributed by atoms with Gasteiger partial charge in [-0.15, -0.1) is 0 Å². The maximum Gasteiger partial charge on any atom is 0.138 e. The summed E-state index contributed by atoms with van der Waals surface area (Å²) in [6, 6.07) is 8.55. The summed E-state index contributed by atoms with van der Waals surface area (Å²) in [4.78, 5) is 0. The Morgan fingerprint density at radius 2 is 1.83 bits per heavy atom. The van der Waals surface area contributed by atoms with Gasteiger partial charge in [0.25, 0.3) is 0 Å². The van der Waals surface area contributed by atoms with E-state index in [-0.39, 0.29) is 0 Å². The zero-order valence-corrected chi connectivity index (χ0v) is 11.3. The summed E-state index contributed by atoms with van der Waals surface area (Å²) < 4.78 is 5.15. The topological polar surface area (TPSA) is 38.1 Å². The number of aryl methyl sites for hydroxylation is 3. The van der Waals surface area contributed by atoms with Crippen LogP contribution >= 0.6 is 0 Å². The van der Waals surface area contributed by atoms with Crippen molar-refractivity contribution in [2.75, 3.05) is 0 Å². The second kappa shape index (κ2) is 5.83. The van der Waals surface area contributed by atoms with E-state index in [0.717, 1.165) is 31.0 Å². The number of nitrogens with zero attached hydrogens (tertiary/aromatic N) is 1. The highest BCUT2D eigenvalue weighted by molar-refractivity contribution is 5.27. The van der Waals surface area contributed by atoms with E-state index in [1.54, 1.807) is 0 Å². The van der Waals surface area contributed by atoms with Crippen molar-refractivity contribution in [2.45, 2.75) is 40.3 Å². The van der Waals surface area contributed by atoms with E-state index in [4.69, 9.17) is 4.52 Å². The zero-order chi connectivity index (χ0) is 13.0. The molecule has 18 heavy (non-hydrogen) atoms. The molecule has 0 aliphatic rings. The molecule has 1 N–H and O–H groups in total. The summed E-state index contributed by atoms with van der Waals surface area (Å²) in [5.74, 6) is 0.906. The highest BCUT2D eigenvalue weighted by Gasteiger charge is 2.08. The summed E-state index contributed by atoms with van der Waals surface area (Å²) in [5, 5.41) is 7.42. The van der Waals surface area contributed by atoms with Crippen LogP contribution < -0.4 is 5.32 Å². The predicted molar refractivity (Wildman–Crippen MR) is 72.3 cm³/mol. The molecule has 1 aromatic carbocycles. The van der Waals surface area contributed by atoms with Gasteiger partial charge in [-0.05, 0) is 31.4 Å². The summed E-state index contributed by atoms with van der Waals surface area (Å²) in [5.41, 5.74) is 4.92. The van der Waals surface area contributed by atoms with Gasteiger partial charge >= 0.3 is 0 Å². The molecule has 0 spiro atoms. The summed E-state index contributed by atoms with van der Waals surface area (Å²) in [6.45, 7) is 7.81. The Bertz CT molecular complexity index is 497. The maximum absolute atomic E-state index is 5.15. The lowest BCUT2D eigenvalue weighted by Gasteiger charge is -2.09. The van der Waals surface area contributed by atoms with Crippen LogP contribution in [-0.4, -0.2) is 5.16 Å². The predicted octanol–water partition coefficient (Wildman–Crippen LogP) is 3.14. The van der Waals surface area contributed by atoms with E-state index < -0.39 is 0 Å².